The van der Waals surface area contributed by atoms with Gasteiger partial charge in [-0.05, 0) is 41.5 Å². The number of rotatable bonds is 4. The standard InChI is InChI=1S/C18H19ClF3N3O.2ClH/c19-13-3-6-16(23)15(11-13)17(25-9-7-24-8-10-25)12-1-4-14(5-2-12)26-18(20,21)22;;/h1-6,11,17,24H,7-10,23H2;2*1H/t17-;;/m1../s1. The average molecular weight is 459 g/mol. The summed E-state index contributed by atoms with van der Waals surface area (Å²) in [7, 11) is 0. The van der Waals surface area contributed by atoms with Crippen molar-refractivity contribution in [2.45, 2.75) is 12.4 Å². The molecule has 156 valence electrons. The highest BCUT2D eigenvalue weighted by molar-refractivity contribution is 6.30. The largest absolute Gasteiger partial charge is 0.573 e. The number of hydrogen-bond acceptors (Lipinski definition) is 4. The van der Waals surface area contributed by atoms with Gasteiger partial charge in [-0.15, -0.1) is 38.0 Å². The highest BCUT2D eigenvalue weighted by Crippen LogP contribution is 2.35. The van der Waals surface area contributed by atoms with Crippen LogP contribution in [-0.2, 0) is 0 Å². The number of alkyl halides is 3. The van der Waals surface area contributed by atoms with Crippen molar-refractivity contribution in [1.82, 2.24) is 10.2 Å². The number of nitrogens with zero attached hydrogens (tertiary/aromatic N) is 1. The number of benzene rings is 2. The maximum absolute atomic E-state index is 12.4. The van der Waals surface area contributed by atoms with Gasteiger partial charge >= 0.3 is 6.36 Å². The maximum atomic E-state index is 12.4. The lowest BCUT2D eigenvalue weighted by atomic mass is 9.95. The minimum absolute atomic E-state index is 0. The third kappa shape index (κ3) is 6.32. The molecular weight excluding hydrogens is 438 g/mol. The quantitative estimate of drug-likeness (QED) is 0.655. The van der Waals surface area contributed by atoms with Gasteiger partial charge in [0.1, 0.15) is 5.75 Å². The van der Waals surface area contributed by atoms with Crippen LogP contribution in [0.4, 0.5) is 18.9 Å². The van der Waals surface area contributed by atoms with Crippen LogP contribution in [-0.4, -0.2) is 37.4 Å². The summed E-state index contributed by atoms with van der Waals surface area (Å²) < 4.78 is 41.1. The summed E-state index contributed by atoms with van der Waals surface area (Å²) in [6, 6.07) is 11.0. The molecule has 1 heterocycles. The summed E-state index contributed by atoms with van der Waals surface area (Å²) in [6.07, 6.45) is -4.71. The van der Waals surface area contributed by atoms with Gasteiger partial charge in [0.2, 0.25) is 0 Å². The minimum atomic E-state index is -4.71. The molecule has 0 saturated carbocycles. The van der Waals surface area contributed by atoms with Crippen molar-refractivity contribution in [3.05, 3.63) is 58.6 Å². The van der Waals surface area contributed by atoms with Crippen LogP contribution < -0.4 is 15.8 Å². The van der Waals surface area contributed by atoms with E-state index in [1.54, 1.807) is 24.3 Å². The fraction of sp³-hybridized carbons (Fsp3) is 0.333. The Hall–Kier alpha value is -1.38. The van der Waals surface area contributed by atoms with Crippen molar-refractivity contribution < 1.29 is 17.9 Å². The van der Waals surface area contributed by atoms with Gasteiger partial charge in [-0.25, -0.2) is 0 Å². The first-order valence-corrected chi connectivity index (χ1v) is 8.57. The maximum Gasteiger partial charge on any atom is 0.573 e. The summed E-state index contributed by atoms with van der Waals surface area (Å²) in [4.78, 5) is 2.23. The van der Waals surface area contributed by atoms with E-state index in [4.69, 9.17) is 17.3 Å². The zero-order valence-corrected chi connectivity index (χ0v) is 17.1. The van der Waals surface area contributed by atoms with Crippen molar-refractivity contribution in [2.24, 2.45) is 0 Å². The highest BCUT2D eigenvalue weighted by atomic mass is 35.5. The second-order valence-corrected chi connectivity index (χ2v) is 6.52. The lowest BCUT2D eigenvalue weighted by molar-refractivity contribution is -0.274. The molecule has 1 fully saturated rings. The monoisotopic (exact) mass is 457 g/mol. The predicted molar refractivity (Wildman–Crippen MR) is 110 cm³/mol. The van der Waals surface area contributed by atoms with Crippen molar-refractivity contribution in [3.63, 3.8) is 0 Å². The van der Waals surface area contributed by atoms with Crippen molar-refractivity contribution >= 4 is 42.1 Å². The Balaban J connectivity index is 0.00000196. The Morgan fingerprint density at radius 2 is 1.64 bits per heavy atom. The molecule has 1 saturated heterocycles. The lowest BCUT2D eigenvalue weighted by Gasteiger charge is -2.36. The van der Waals surface area contributed by atoms with Gasteiger partial charge < -0.3 is 15.8 Å². The Morgan fingerprint density at radius 3 is 2.21 bits per heavy atom. The summed E-state index contributed by atoms with van der Waals surface area (Å²) in [6.45, 7) is 3.23. The van der Waals surface area contributed by atoms with E-state index in [0.717, 1.165) is 37.3 Å². The number of ether oxygens (including phenoxy) is 1. The van der Waals surface area contributed by atoms with E-state index in [0.29, 0.717) is 10.7 Å². The molecule has 3 rings (SSSR count). The van der Waals surface area contributed by atoms with Gasteiger partial charge in [0.15, 0.2) is 0 Å². The van der Waals surface area contributed by atoms with Crippen LogP contribution in [0.25, 0.3) is 0 Å². The topological polar surface area (TPSA) is 50.5 Å². The third-order valence-corrected chi connectivity index (χ3v) is 4.52. The van der Waals surface area contributed by atoms with Crippen molar-refractivity contribution in [3.8, 4) is 5.75 Å². The number of hydrogen-bond donors (Lipinski definition) is 2. The molecule has 2 aromatic rings. The van der Waals surface area contributed by atoms with E-state index in [2.05, 4.69) is 15.0 Å². The van der Waals surface area contributed by atoms with Crippen LogP contribution in [0.5, 0.6) is 5.75 Å². The van der Waals surface area contributed by atoms with E-state index >= 15 is 0 Å². The van der Waals surface area contributed by atoms with Crippen molar-refractivity contribution in [2.75, 3.05) is 31.9 Å². The summed E-state index contributed by atoms with van der Waals surface area (Å²) in [5.41, 5.74) is 8.43. The number of halogens is 6. The zero-order chi connectivity index (χ0) is 18.7. The van der Waals surface area contributed by atoms with E-state index < -0.39 is 6.36 Å². The predicted octanol–water partition coefficient (Wildman–Crippen LogP) is 4.66. The van der Waals surface area contributed by atoms with Crippen LogP contribution in [0.3, 0.4) is 0 Å². The molecule has 1 aliphatic rings. The number of piperazine rings is 1. The Morgan fingerprint density at radius 1 is 1.04 bits per heavy atom. The number of anilines is 1. The Labute approximate surface area is 179 Å². The summed E-state index contributed by atoms with van der Waals surface area (Å²) in [5.74, 6) is -0.251. The van der Waals surface area contributed by atoms with E-state index in [1.807, 2.05) is 6.07 Å². The highest BCUT2D eigenvalue weighted by Gasteiger charge is 2.31. The van der Waals surface area contributed by atoms with E-state index in [-0.39, 0.29) is 36.6 Å². The van der Waals surface area contributed by atoms with Gasteiger partial charge in [-0.3, -0.25) is 4.90 Å². The molecule has 4 nitrogen and oxygen atoms in total. The molecular formula is C18H21Cl3F3N3O. The Bertz CT molecular complexity index is 754. The Kier molecular flexibility index (Phi) is 9.17. The second-order valence-electron chi connectivity index (χ2n) is 6.08. The van der Waals surface area contributed by atoms with Crippen LogP contribution >= 0.6 is 36.4 Å². The molecule has 1 aliphatic heterocycles. The van der Waals surface area contributed by atoms with Crippen LogP contribution in [0.2, 0.25) is 5.02 Å². The molecule has 0 amide bonds. The number of nitrogens with two attached hydrogens (primary N) is 1. The van der Waals surface area contributed by atoms with Crippen LogP contribution in [0, 0.1) is 0 Å². The van der Waals surface area contributed by atoms with Gasteiger partial charge in [-0.1, -0.05) is 23.7 Å². The summed E-state index contributed by atoms with van der Waals surface area (Å²) in [5, 5.41) is 3.85. The van der Waals surface area contributed by atoms with Crippen molar-refractivity contribution in [1.29, 1.82) is 0 Å². The minimum Gasteiger partial charge on any atom is -0.406 e. The molecule has 0 bridgehead atoms. The van der Waals surface area contributed by atoms with E-state index in [9.17, 15) is 13.2 Å². The third-order valence-electron chi connectivity index (χ3n) is 4.29. The van der Waals surface area contributed by atoms with Gasteiger partial charge in [0, 0.05) is 36.9 Å². The lowest BCUT2D eigenvalue weighted by Crippen LogP contribution is -2.45. The first kappa shape index (κ1) is 24.7. The molecule has 1 atom stereocenters. The fourth-order valence-electron chi connectivity index (χ4n) is 3.16. The molecule has 2 aromatic carbocycles. The summed E-state index contributed by atoms with van der Waals surface area (Å²) >= 11 is 6.15. The second kappa shape index (κ2) is 10.4. The smallest absolute Gasteiger partial charge is 0.406 e. The molecule has 0 aliphatic carbocycles. The number of nitrogen functional groups attached to an aromatic ring is 1. The van der Waals surface area contributed by atoms with Gasteiger partial charge in [-0.2, -0.15) is 0 Å². The molecule has 0 radical (unpaired) electrons. The van der Waals surface area contributed by atoms with Crippen LogP contribution in [0.1, 0.15) is 17.2 Å². The molecule has 0 aromatic heterocycles. The molecule has 28 heavy (non-hydrogen) atoms. The average Bonchev–Trinajstić information content (AvgIpc) is 2.59. The normalized spacial score (nSPS) is 15.9. The fourth-order valence-corrected chi connectivity index (χ4v) is 3.34. The molecule has 0 spiro atoms. The van der Waals surface area contributed by atoms with Crippen LogP contribution in [0.15, 0.2) is 42.5 Å². The first-order valence-electron chi connectivity index (χ1n) is 8.19. The van der Waals surface area contributed by atoms with Gasteiger partial charge in [0.05, 0.1) is 6.04 Å². The zero-order valence-electron chi connectivity index (χ0n) is 14.7. The molecule has 10 heteroatoms. The number of nitrogens with one attached hydrogen (secondary N) is 1. The SMILES string of the molecule is Cl.Cl.Nc1ccc(Cl)cc1[C@@H](c1ccc(OC(F)(F)F)cc1)N1CCNCC1. The molecule has 3 N–H and O–H groups in total. The first-order chi connectivity index (χ1) is 12.3. The van der Waals surface area contributed by atoms with E-state index in [1.165, 1.54) is 12.1 Å². The van der Waals surface area contributed by atoms with Gasteiger partial charge in [0.25, 0.3) is 0 Å². The molecule has 0 unspecified atom stereocenters.